The molecule has 0 aliphatic carbocycles. The van der Waals surface area contributed by atoms with Crippen LogP contribution in [0.15, 0.2) is 0 Å². The van der Waals surface area contributed by atoms with Crippen LogP contribution in [0.25, 0.3) is 0 Å². The fourth-order valence-electron chi connectivity index (χ4n) is 1.61. The van der Waals surface area contributed by atoms with Crippen LogP contribution in [0.2, 0.25) is 0 Å². The van der Waals surface area contributed by atoms with Gasteiger partial charge in [0.1, 0.15) is 0 Å². The molecule has 0 fully saturated rings. The Morgan fingerprint density at radius 2 is 1.64 bits per heavy atom. The van der Waals surface area contributed by atoms with E-state index in [1.165, 1.54) is 12.8 Å². The summed E-state index contributed by atoms with van der Waals surface area (Å²) in [5.41, 5.74) is 0. The van der Waals surface area contributed by atoms with Crippen molar-refractivity contribution in [3.63, 3.8) is 0 Å². The van der Waals surface area contributed by atoms with Crippen molar-refractivity contribution in [2.75, 3.05) is 13.6 Å². The molecule has 0 heterocycles. The molecule has 2 atom stereocenters. The summed E-state index contributed by atoms with van der Waals surface area (Å²) in [6.45, 7) is 12.3. The van der Waals surface area contributed by atoms with Gasteiger partial charge in [0.25, 0.3) is 0 Å². The highest BCUT2D eigenvalue weighted by atomic mass is 15.2. The molecule has 0 amide bonds. The van der Waals surface area contributed by atoms with Gasteiger partial charge in [-0.2, -0.15) is 0 Å². The molecule has 0 spiro atoms. The first-order valence-corrected chi connectivity index (χ1v) is 5.94. The summed E-state index contributed by atoms with van der Waals surface area (Å²) in [6.07, 6.45) is 2.57. The van der Waals surface area contributed by atoms with Gasteiger partial charge in [0.2, 0.25) is 0 Å². The lowest BCUT2D eigenvalue weighted by Gasteiger charge is -2.31. The summed E-state index contributed by atoms with van der Waals surface area (Å²) < 4.78 is 0. The van der Waals surface area contributed by atoms with E-state index in [9.17, 15) is 0 Å². The van der Waals surface area contributed by atoms with Crippen molar-refractivity contribution in [1.82, 2.24) is 10.2 Å². The third-order valence-electron chi connectivity index (χ3n) is 2.92. The van der Waals surface area contributed by atoms with E-state index in [1.807, 2.05) is 0 Å². The normalized spacial score (nSPS) is 16.3. The van der Waals surface area contributed by atoms with Gasteiger partial charge in [-0.3, -0.25) is 4.90 Å². The lowest BCUT2D eigenvalue weighted by atomic mass is 10.1. The molecule has 0 saturated heterocycles. The van der Waals surface area contributed by atoms with E-state index in [0.717, 1.165) is 6.54 Å². The van der Waals surface area contributed by atoms with Gasteiger partial charge in [-0.15, -0.1) is 0 Å². The Bertz CT molecular complexity index is 134. The van der Waals surface area contributed by atoms with Gasteiger partial charge >= 0.3 is 0 Å². The Kier molecular flexibility index (Phi) is 7.20. The van der Waals surface area contributed by atoms with E-state index in [0.29, 0.717) is 18.1 Å². The molecule has 0 saturated carbocycles. The monoisotopic (exact) mass is 200 g/mol. The minimum absolute atomic E-state index is 0.590. The molecule has 0 rings (SSSR count). The molecule has 0 bridgehead atoms. The fourth-order valence-corrected chi connectivity index (χ4v) is 1.61. The maximum atomic E-state index is 3.48. The van der Waals surface area contributed by atoms with Crippen LogP contribution in [0.1, 0.15) is 47.5 Å². The van der Waals surface area contributed by atoms with Crippen molar-refractivity contribution in [3.8, 4) is 0 Å². The van der Waals surface area contributed by atoms with E-state index in [4.69, 9.17) is 0 Å². The molecule has 14 heavy (non-hydrogen) atoms. The average molecular weight is 200 g/mol. The van der Waals surface area contributed by atoms with Gasteiger partial charge in [-0.25, -0.2) is 0 Å². The van der Waals surface area contributed by atoms with Gasteiger partial charge in [0.05, 0.1) is 0 Å². The first kappa shape index (κ1) is 13.9. The second kappa shape index (κ2) is 7.24. The third-order valence-corrected chi connectivity index (χ3v) is 2.92. The third kappa shape index (κ3) is 5.61. The molecule has 1 N–H and O–H groups in total. The Hall–Kier alpha value is -0.0800. The van der Waals surface area contributed by atoms with Crippen molar-refractivity contribution in [1.29, 1.82) is 0 Å². The average Bonchev–Trinajstić information content (AvgIpc) is 2.13. The molecule has 0 aliphatic heterocycles. The molecule has 2 nitrogen and oxygen atoms in total. The molecule has 0 aromatic carbocycles. The van der Waals surface area contributed by atoms with Crippen LogP contribution >= 0.6 is 0 Å². The molecule has 0 aromatic rings. The van der Waals surface area contributed by atoms with Crippen molar-refractivity contribution in [2.24, 2.45) is 0 Å². The number of nitrogens with one attached hydrogen (secondary N) is 1. The molecule has 0 radical (unpaired) electrons. The summed E-state index contributed by atoms with van der Waals surface area (Å²) >= 11 is 0. The highest BCUT2D eigenvalue weighted by Gasteiger charge is 2.14. The van der Waals surface area contributed by atoms with Crippen molar-refractivity contribution < 1.29 is 0 Å². The van der Waals surface area contributed by atoms with Crippen LogP contribution in [-0.4, -0.2) is 36.6 Å². The second-order valence-corrected chi connectivity index (χ2v) is 4.72. The number of rotatable bonds is 7. The maximum absolute atomic E-state index is 3.48. The quantitative estimate of drug-likeness (QED) is 0.679. The first-order valence-electron chi connectivity index (χ1n) is 5.94. The van der Waals surface area contributed by atoms with Crippen LogP contribution in [-0.2, 0) is 0 Å². The predicted octanol–water partition coefficient (Wildman–Crippen LogP) is 2.49. The number of hydrogen-bond donors (Lipinski definition) is 1. The summed E-state index contributed by atoms with van der Waals surface area (Å²) in [6, 6.07) is 1.91. The summed E-state index contributed by atoms with van der Waals surface area (Å²) in [5.74, 6) is 0. The van der Waals surface area contributed by atoms with Crippen LogP contribution in [0.5, 0.6) is 0 Å². The standard InChI is InChI=1S/C12H28N2/c1-7-8-11(4)14(6)12(5)9-13-10(2)3/h10-13H,7-9H2,1-6H3. The van der Waals surface area contributed by atoms with E-state index < -0.39 is 0 Å². The summed E-state index contributed by atoms with van der Waals surface area (Å²) in [4.78, 5) is 2.47. The molecule has 0 aromatic heterocycles. The fraction of sp³-hybridized carbons (Fsp3) is 1.00. The Labute approximate surface area is 90.1 Å². The molecular formula is C12H28N2. The van der Waals surface area contributed by atoms with Gasteiger partial charge in [-0.1, -0.05) is 27.2 Å². The second-order valence-electron chi connectivity index (χ2n) is 4.72. The zero-order valence-electron chi connectivity index (χ0n) is 10.8. The number of nitrogens with zero attached hydrogens (tertiary/aromatic N) is 1. The van der Waals surface area contributed by atoms with Gasteiger partial charge < -0.3 is 5.32 Å². The van der Waals surface area contributed by atoms with E-state index in [2.05, 4.69) is 51.9 Å². The highest BCUT2D eigenvalue weighted by molar-refractivity contribution is 4.72. The van der Waals surface area contributed by atoms with Gasteiger partial charge in [-0.05, 0) is 27.3 Å². The summed E-state index contributed by atoms with van der Waals surface area (Å²) in [7, 11) is 2.23. The lowest BCUT2D eigenvalue weighted by molar-refractivity contribution is 0.181. The minimum atomic E-state index is 0.590. The Balaban J connectivity index is 3.79. The largest absolute Gasteiger partial charge is 0.313 e. The maximum Gasteiger partial charge on any atom is 0.0192 e. The predicted molar refractivity (Wildman–Crippen MR) is 64.7 cm³/mol. The molecule has 2 heteroatoms. The van der Waals surface area contributed by atoms with E-state index in [-0.39, 0.29) is 0 Å². The number of likely N-dealkylation sites (N-methyl/N-ethyl adjacent to an activating group) is 1. The Morgan fingerprint density at radius 1 is 1.07 bits per heavy atom. The highest BCUT2D eigenvalue weighted by Crippen LogP contribution is 2.07. The first-order chi connectivity index (χ1) is 6.49. The van der Waals surface area contributed by atoms with Crippen molar-refractivity contribution in [3.05, 3.63) is 0 Å². The minimum Gasteiger partial charge on any atom is -0.313 e. The van der Waals surface area contributed by atoms with Crippen LogP contribution in [0.3, 0.4) is 0 Å². The number of hydrogen-bond acceptors (Lipinski definition) is 2. The molecule has 86 valence electrons. The van der Waals surface area contributed by atoms with Crippen molar-refractivity contribution >= 4 is 0 Å². The van der Waals surface area contributed by atoms with Gasteiger partial charge in [0.15, 0.2) is 0 Å². The van der Waals surface area contributed by atoms with Crippen LogP contribution in [0, 0.1) is 0 Å². The molecular weight excluding hydrogens is 172 g/mol. The summed E-state index contributed by atoms with van der Waals surface area (Å²) in [5, 5.41) is 3.48. The van der Waals surface area contributed by atoms with Crippen molar-refractivity contribution in [2.45, 2.75) is 65.6 Å². The zero-order valence-corrected chi connectivity index (χ0v) is 10.8. The Morgan fingerprint density at radius 3 is 2.07 bits per heavy atom. The topological polar surface area (TPSA) is 15.3 Å². The van der Waals surface area contributed by atoms with E-state index in [1.54, 1.807) is 0 Å². The van der Waals surface area contributed by atoms with Crippen LogP contribution < -0.4 is 5.32 Å². The molecule has 2 unspecified atom stereocenters. The van der Waals surface area contributed by atoms with Crippen LogP contribution in [0.4, 0.5) is 0 Å². The smallest absolute Gasteiger partial charge is 0.0192 e. The van der Waals surface area contributed by atoms with Gasteiger partial charge in [0, 0.05) is 24.7 Å². The van der Waals surface area contributed by atoms with E-state index >= 15 is 0 Å². The lowest BCUT2D eigenvalue weighted by Crippen LogP contribution is -2.44. The SMILES string of the molecule is CCCC(C)N(C)C(C)CNC(C)C. The zero-order chi connectivity index (χ0) is 11.1. The molecule has 0 aliphatic rings.